The van der Waals surface area contributed by atoms with Crippen molar-refractivity contribution in [2.75, 3.05) is 13.1 Å². The molecule has 4 heterocycles. The lowest BCUT2D eigenvalue weighted by Crippen LogP contribution is -2.40. The van der Waals surface area contributed by atoms with Crippen molar-refractivity contribution < 1.29 is 9.90 Å². The summed E-state index contributed by atoms with van der Waals surface area (Å²) in [6.45, 7) is 1.22. The van der Waals surface area contributed by atoms with Gasteiger partial charge in [0.15, 0.2) is 0 Å². The number of carbonyl (C=O) groups excluding carboxylic acids is 1. The van der Waals surface area contributed by atoms with Crippen LogP contribution in [-0.4, -0.2) is 49.6 Å². The third kappa shape index (κ3) is 2.77. The second kappa shape index (κ2) is 6.49. The number of nitrogens with one attached hydrogen (secondary N) is 1. The average Bonchev–Trinajstić information content (AvgIpc) is 3.29. The first-order valence-corrected chi connectivity index (χ1v) is 9.61. The Hall–Kier alpha value is -3.12. The number of aliphatic hydroxyl groups excluding tert-OH is 1. The lowest BCUT2D eigenvalue weighted by molar-refractivity contribution is 0.0546. The molecule has 0 aliphatic carbocycles. The number of hydrogen-bond acceptors (Lipinski definition) is 3. The number of aliphatic hydroxyl groups is 1. The summed E-state index contributed by atoms with van der Waals surface area (Å²) in [4.78, 5) is 22.5. The molecule has 2 N–H and O–H groups in total. The Kier molecular flexibility index (Phi) is 3.94. The van der Waals surface area contributed by atoms with Crippen LogP contribution in [0.25, 0.3) is 33.2 Å². The van der Waals surface area contributed by atoms with E-state index in [1.54, 1.807) is 6.20 Å². The lowest BCUT2D eigenvalue weighted by Gasteiger charge is -2.29. The van der Waals surface area contributed by atoms with E-state index in [9.17, 15) is 9.90 Å². The third-order valence-corrected chi connectivity index (χ3v) is 5.67. The van der Waals surface area contributed by atoms with E-state index >= 15 is 0 Å². The maximum Gasteiger partial charge on any atom is 0.253 e. The molecule has 1 aliphatic heterocycles. The number of rotatable bonds is 2. The van der Waals surface area contributed by atoms with Gasteiger partial charge in [-0.25, -0.2) is 4.98 Å². The average molecular weight is 374 g/mol. The summed E-state index contributed by atoms with van der Waals surface area (Å²) in [5.41, 5.74) is 4.69. The minimum atomic E-state index is -0.284. The van der Waals surface area contributed by atoms with Crippen molar-refractivity contribution in [1.29, 1.82) is 0 Å². The molecule has 1 saturated heterocycles. The van der Waals surface area contributed by atoms with Crippen molar-refractivity contribution in [2.24, 2.45) is 7.05 Å². The quantitative estimate of drug-likeness (QED) is 0.565. The number of carbonyl (C=O) groups is 1. The Morgan fingerprint density at radius 3 is 2.82 bits per heavy atom. The Bertz CT molecular complexity index is 1150. The largest absolute Gasteiger partial charge is 0.393 e. The monoisotopic (exact) mass is 374 g/mol. The van der Waals surface area contributed by atoms with Crippen LogP contribution in [0.4, 0.5) is 0 Å². The molecule has 142 valence electrons. The smallest absolute Gasteiger partial charge is 0.253 e. The van der Waals surface area contributed by atoms with Crippen LogP contribution < -0.4 is 0 Å². The molecule has 28 heavy (non-hydrogen) atoms. The van der Waals surface area contributed by atoms with Gasteiger partial charge in [-0.05, 0) is 43.2 Å². The van der Waals surface area contributed by atoms with Gasteiger partial charge in [0.2, 0.25) is 0 Å². The van der Waals surface area contributed by atoms with Crippen LogP contribution in [0.3, 0.4) is 0 Å². The second-order valence-electron chi connectivity index (χ2n) is 7.53. The van der Waals surface area contributed by atoms with E-state index in [-0.39, 0.29) is 12.0 Å². The number of amides is 1. The molecule has 6 nitrogen and oxygen atoms in total. The number of aromatic nitrogens is 3. The number of aryl methyl sites for hydroxylation is 1. The fraction of sp³-hybridized carbons (Fsp3) is 0.273. The van der Waals surface area contributed by atoms with E-state index in [1.807, 2.05) is 42.3 Å². The topological polar surface area (TPSA) is 74.2 Å². The summed E-state index contributed by atoms with van der Waals surface area (Å²) in [5.74, 6) is 0.0337. The van der Waals surface area contributed by atoms with Crippen molar-refractivity contribution in [1.82, 2.24) is 19.4 Å². The highest BCUT2D eigenvalue weighted by molar-refractivity contribution is 6.02. The number of hydrogen-bond donors (Lipinski definition) is 2. The van der Waals surface area contributed by atoms with Crippen LogP contribution in [0, 0.1) is 0 Å². The Labute approximate surface area is 162 Å². The van der Waals surface area contributed by atoms with Gasteiger partial charge in [0.05, 0.1) is 6.10 Å². The zero-order chi connectivity index (χ0) is 19.3. The highest BCUT2D eigenvalue weighted by atomic mass is 16.3. The minimum absolute atomic E-state index is 0.0337. The first-order valence-electron chi connectivity index (χ1n) is 9.61. The summed E-state index contributed by atoms with van der Waals surface area (Å²) in [7, 11) is 2.00. The molecule has 0 atom stereocenters. The van der Waals surface area contributed by atoms with E-state index in [2.05, 4.69) is 26.8 Å². The molecule has 0 unspecified atom stereocenters. The predicted molar refractivity (Wildman–Crippen MR) is 109 cm³/mol. The number of nitrogens with zero attached hydrogens (tertiary/aromatic N) is 3. The molecule has 3 aromatic heterocycles. The van der Waals surface area contributed by atoms with E-state index in [1.165, 1.54) is 0 Å². The number of pyridine rings is 1. The summed E-state index contributed by atoms with van der Waals surface area (Å²) in [5, 5.41) is 11.8. The molecule has 5 rings (SSSR count). The molecule has 0 saturated carbocycles. The minimum Gasteiger partial charge on any atom is -0.393 e. The maximum atomic E-state index is 12.9. The van der Waals surface area contributed by atoms with Crippen LogP contribution in [0.2, 0.25) is 0 Å². The standard InChI is InChI=1S/C22H22N4O2/c1-25-13-18(19-11-14-3-2-8-23-21(14)24-19)17-5-4-15(12-20(17)25)22(28)26-9-6-16(27)7-10-26/h2-5,8,11-13,16,27H,6-7,9-10H2,1H3,(H,23,24). The summed E-state index contributed by atoms with van der Waals surface area (Å²) < 4.78 is 2.06. The van der Waals surface area contributed by atoms with Gasteiger partial charge in [0, 0.05) is 65.6 Å². The van der Waals surface area contributed by atoms with Crippen LogP contribution in [0.15, 0.2) is 48.8 Å². The van der Waals surface area contributed by atoms with Crippen molar-refractivity contribution in [3.05, 3.63) is 54.4 Å². The van der Waals surface area contributed by atoms with Crippen LogP contribution >= 0.6 is 0 Å². The van der Waals surface area contributed by atoms with Gasteiger partial charge in [-0.3, -0.25) is 4.79 Å². The van der Waals surface area contributed by atoms with Gasteiger partial charge in [-0.15, -0.1) is 0 Å². The molecule has 1 fully saturated rings. The zero-order valence-corrected chi connectivity index (χ0v) is 15.7. The molecule has 0 spiro atoms. The number of likely N-dealkylation sites (tertiary alicyclic amines) is 1. The highest BCUT2D eigenvalue weighted by Gasteiger charge is 2.23. The van der Waals surface area contributed by atoms with Crippen LogP contribution in [0.1, 0.15) is 23.2 Å². The van der Waals surface area contributed by atoms with E-state index in [0.717, 1.165) is 33.2 Å². The molecular formula is C22H22N4O2. The number of aromatic amines is 1. The molecule has 4 aromatic rings. The molecule has 0 radical (unpaired) electrons. The fourth-order valence-electron chi connectivity index (χ4n) is 4.09. The first kappa shape index (κ1) is 17.0. The zero-order valence-electron chi connectivity index (χ0n) is 15.7. The normalized spacial score (nSPS) is 15.6. The highest BCUT2D eigenvalue weighted by Crippen LogP contribution is 2.32. The molecule has 0 bridgehead atoms. The van der Waals surface area contributed by atoms with Gasteiger partial charge in [0.25, 0.3) is 5.91 Å². The molecule has 1 amide bonds. The number of benzene rings is 1. The lowest BCUT2D eigenvalue weighted by atomic mass is 10.0. The van der Waals surface area contributed by atoms with Gasteiger partial charge < -0.3 is 19.6 Å². The van der Waals surface area contributed by atoms with E-state index in [0.29, 0.717) is 31.5 Å². The summed E-state index contributed by atoms with van der Waals surface area (Å²) in [6, 6.07) is 12.0. The van der Waals surface area contributed by atoms with Crippen molar-refractivity contribution in [3.8, 4) is 11.3 Å². The summed E-state index contributed by atoms with van der Waals surface area (Å²) >= 11 is 0. The van der Waals surface area contributed by atoms with E-state index < -0.39 is 0 Å². The number of H-pyrrole nitrogens is 1. The molecular weight excluding hydrogens is 352 g/mol. The Morgan fingerprint density at radius 1 is 1.21 bits per heavy atom. The van der Waals surface area contributed by atoms with Gasteiger partial charge >= 0.3 is 0 Å². The van der Waals surface area contributed by atoms with Gasteiger partial charge in [0.1, 0.15) is 5.65 Å². The Morgan fingerprint density at radius 2 is 2.04 bits per heavy atom. The first-order chi connectivity index (χ1) is 13.6. The van der Waals surface area contributed by atoms with Crippen molar-refractivity contribution in [2.45, 2.75) is 18.9 Å². The second-order valence-corrected chi connectivity index (χ2v) is 7.53. The SMILES string of the molecule is Cn1cc(-c2cc3cccnc3[nH]2)c2ccc(C(=O)N3CCC(O)CC3)cc21. The Balaban J connectivity index is 1.53. The number of fused-ring (bicyclic) bond motifs is 2. The maximum absolute atomic E-state index is 12.9. The fourth-order valence-corrected chi connectivity index (χ4v) is 4.09. The van der Waals surface area contributed by atoms with Crippen molar-refractivity contribution in [3.63, 3.8) is 0 Å². The molecule has 1 aromatic carbocycles. The van der Waals surface area contributed by atoms with Gasteiger partial charge in [-0.2, -0.15) is 0 Å². The number of piperidine rings is 1. The van der Waals surface area contributed by atoms with E-state index in [4.69, 9.17) is 0 Å². The third-order valence-electron chi connectivity index (χ3n) is 5.67. The summed E-state index contributed by atoms with van der Waals surface area (Å²) in [6.07, 6.45) is 4.88. The molecule has 6 heteroatoms. The predicted octanol–water partition coefficient (Wildman–Crippen LogP) is 3.32. The van der Waals surface area contributed by atoms with Gasteiger partial charge in [-0.1, -0.05) is 6.07 Å². The van der Waals surface area contributed by atoms with Crippen LogP contribution in [0.5, 0.6) is 0 Å². The van der Waals surface area contributed by atoms with Crippen LogP contribution in [-0.2, 0) is 7.05 Å². The van der Waals surface area contributed by atoms with Crippen molar-refractivity contribution >= 4 is 27.8 Å². The molecule has 1 aliphatic rings.